The number of nitrogens with zero attached hydrogens (tertiary/aromatic N) is 2. The van der Waals surface area contributed by atoms with Crippen molar-refractivity contribution in [3.63, 3.8) is 0 Å². The first-order valence-electron chi connectivity index (χ1n) is 8.66. The maximum Gasteiger partial charge on any atom is 0.410 e. The Balaban J connectivity index is 1.63. The summed E-state index contributed by atoms with van der Waals surface area (Å²) in [4.78, 5) is 13.8. The van der Waals surface area contributed by atoms with E-state index < -0.39 is 15.8 Å². The molecule has 0 saturated carbocycles. The predicted molar refractivity (Wildman–Crippen MR) is 101 cm³/mol. The fourth-order valence-corrected chi connectivity index (χ4v) is 3.85. The molecule has 0 aromatic heterocycles. The number of carbonyl (C=O) groups is 1. The van der Waals surface area contributed by atoms with E-state index in [1.807, 2.05) is 20.8 Å². The molecule has 2 aliphatic heterocycles. The van der Waals surface area contributed by atoms with E-state index in [-0.39, 0.29) is 17.8 Å². The van der Waals surface area contributed by atoms with Gasteiger partial charge in [0.25, 0.3) is 0 Å². The van der Waals surface area contributed by atoms with Crippen LogP contribution in [0.15, 0.2) is 22.6 Å². The van der Waals surface area contributed by atoms with E-state index in [0.29, 0.717) is 36.7 Å². The molecule has 1 saturated heterocycles. The first-order chi connectivity index (χ1) is 12.5. The van der Waals surface area contributed by atoms with Crippen LogP contribution in [-0.4, -0.2) is 50.5 Å². The number of anilines is 1. The molecule has 9 nitrogen and oxygen atoms in total. The van der Waals surface area contributed by atoms with Gasteiger partial charge in [0.2, 0.25) is 0 Å². The smallest absolute Gasteiger partial charge is 0.410 e. The van der Waals surface area contributed by atoms with Gasteiger partial charge in [-0.1, -0.05) is 6.07 Å². The van der Waals surface area contributed by atoms with Gasteiger partial charge in [0.1, 0.15) is 11.4 Å². The van der Waals surface area contributed by atoms with Crippen molar-refractivity contribution in [3.05, 3.63) is 23.8 Å². The van der Waals surface area contributed by atoms with Crippen LogP contribution in [0.4, 0.5) is 10.5 Å². The van der Waals surface area contributed by atoms with Crippen molar-refractivity contribution in [1.82, 2.24) is 4.90 Å². The lowest BCUT2D eigenvalue weighted by Crippen LogP contribution is -2.35. The number of rotatable bonds is 3. The van der Waals surface area contributed by atoms with Crippen LogP contribution in [0.25, 0.3) is 0 Å². The monoisotopic (exact) mass is 396 g/mol. The lowest BCUT2D eigenvalue weighted by atomic mass is 10.1. The Bertz CT molecular complexity index is 876. The van der Waals surface area contributed by atoms with E-state index in [2.05, 4.69) is 9.12 Å². The fraction of sp³-hybridized carbons (Fsp3) is 0.529. The number of benzene rings is 1. The van der Waals surface area contributed by atoms with Crippen molar-refractivity contribution in [1.29, 1.82) is 0 Å². The molecule has 3 N–H and O–H groups in total. The van der Waals surface area contributed by atoms with Crippen molar-refractivity contribution < 1.29 is 22.7 Å². The molecule has 148 valence electrons. The van der Waals surface area contributed by atoms with Gasteiger partial charge in [-0.05, 0) is 39.3 Å². The van der Waals surface area contributed by atoms with Crippen molar-refractivity contribution >= 4 is 27.8 Å². The Kier molecular flexibility index (Phi) is 4.94. The number of fused-ring (bicyclic) bond motifs is 1. The Hall–Kier alpha value is -2.49. The van der Waals surface area contributed by atoms with Gasteiger partial charge in [-0.2, -0.15) is 8.42 Å². The van der Waals surface area contributed by atoms with Gasteiger partial charge in [0.15, 0.2) is 5.84 Å². The molecule has 3 rings (SSSR count). The molecule has 1 fully saturated rings. The average molecular weight is 396 g/mol. The summed E-state index contributed by atoms with van der Waals surface area (Å²) < 4.78 is 40.3. The Labute approximate surface area is 158 Å². The third-order valence-corrected chi connectivity index (χ3v) is 5.07. The lowest BCUT2D eigenvalue weighted by molar-refractivity contribution is 0.0285. The van der Waals surface area contributed by atoms with E-state index in [1.54, 1.807) is 23.1 Å². The summed E-state index contributed by atoms with van der Waals surface area (Å²) in [5.41, 5.74) is 6.04. The maximum absolute atomic E-state index is 12.1. The lowest BCUT2D eigenvalue weighted by Gasteiger charge is -2.24. The largest absolute Gasteiger partial charge is 0.492 e. The molecular formula is C17H24N4O5S. The van der Waals surface area contributed by atoms with E-state index in [1.165, 1.54) is 0 Å². The molecule has 1 unspecified atom stereocenters. The Morgan fingerprint density at radius 1 is 1.41 bits per heavy atom. The van der Waals surface area contributed by atoms with Crippen LogP contribution in [0.3, 0.4) is 0 Å². The topological polar surface area (TPSA) is 123 Å². The van der Waals surface area contributed by atoms with Crippen LogP contribution < -0.4 is 15.2 Å². The third-order valence-electron chi connectivity index (χ3n) is 4.15. The van der Waals surface area contributed by atoms with Gasteiger partial charge in [0.05, 0.1) is 17.9 Å². The molecule has 1 amide bonds. The van der Waals surface area contributed by atoms with Gasteiger partial charge in [-0.25, -0.2) is 4.79 Å². The second-order valence-corrected chi connectivity index (χ2v) is 8.96. The SMILES string of the molecule is CC(C)(C)OC(=O)N1CCC(COc2cccc3c2C(N)=NS(=O)(=O)N3)C1. The second-order valence-electron chi connectivity index (χ2n) is 7.62. The quantitative estimate of drug-likeness (QED) is 0.801. The van der Waals surface area contributed by atoms with Gasteiger partial charge >= 0.3 is 16.3 Å². The standard InChI is InChI=1S/C17H24N4O5S/c1-17(2,3)26-16(22)21-8-7-11(9-21)10-25-13-6-4-5-12-14(13)15(18)20-27(23,24)19-12/h4-6,11,19H,7-10H2,1-3H3,(H2,18,20). The van der Waals surface area contributed by atoms with Gasteiger partial charge < -0.3 is 20.1 Å². The number of ether oxygens (including phenoxy) is 2. The van der Waals surface area contributed by atoms with Crippen molar-refractivity contribution in [2.24, 2.45) is 16.0 Å². The Morgan fingerprint density at radius 3 is 2.85 bits per heavy atom. The highest BCUT2D eigenvalue weighted by Crippen LogP contribution is 2.31. The van der Waals surface area contributed by atoms with Crippen LogP contribution in [0.5, 0.6) is 5.75 Å². The highest BCUT2D eigenvalue weighted by molar-refractivity contribution is 7.91. The average Bonchev–Trinajstić information content (AvgIpc) is 2.98. The number of hydrogen-bond acceptors (Lipinski definition) is 6. The van der Waals surface area contributed by atoms with E-state index in [0.717, 1.165) is 6.42 Å². The number of carbonyl (C=O) groups excluding carboxylic acids is 1. The van der Waals surface area contributed by atoms with E-state index >= 15 is 0 Å². The minimum Gasteiger partial charge on any atom is -0.492 e. The normalized spacial score (nSPS) is 21.1. The summed E-state index contributed by atoms with van der Waals surface area (Å²) in [6.45, 7) is 7.02. The van der Waals surface area contributed by atoms with E-state index in [9.17, 15) is 13.2 Å². The highest BCUT2D eigenvalue weighted by atomic mass is 32.2. The predicted octanol–water partition coefficient (Wildman–Crippen LogP) is 1.70. The molecule has 1 aromatic carbocycles. The van der Waals surface area contributed by atoms with Crippen molar-refractivity contribution in [2.45, 2.75) is 32.8 Å². The zero-order chi connectivity index (χ0) is 19.8. The molecular weight excluding hydrogens is 372 g/mol. The minimum atomic E-state index is -3.83. The fourth-order valence-electron chi connectivity index (χ4n) is 3.01. The van der Waals surface area contributed by atoms with Crippen LogP contribution in [0.2, 0.25) is 0 Å². The molecule has 27 heavy (non-hydrogen) atoms. The first-order valence-corrected chi connectivity index (χ1v) is 10.1. The molecule has 0 aliphatic carbocycles. The molecule has 2 aliphatic rings. The zero-order valence-corrected chi connectivity index (χ0v) is 16.4. The third kappa shape index (κ3) is 4.62. The molecule has 2 heterocycles. The van der Waals surface area contributed by atoms with Crippen molar-refractivity contribution in [2.75, 3.05) is 24.4 Å². The molecule has 0 bridgehead atoms. The number of nitrogens with two attached hydrogens (primary N) is 1. The number of amidine groups is 1. The summed E-state index contributed by atoms with van der Waals surface area (Å²) >= 11 is 0. The van der Waals surface area contributed by atoms with Crippen molar-refractivity contribution in [3.8, 4) is 5.75 Å². The maximum atomic E-state index is 12.1. The number of hydrogen-bond donors (Lipinski definition) is 2. The summed E-state index contributed by atoms with van der Waals surface area (Å²) in [5, 5.41) is 0. The molecule has 1 aromatic rings. The molecule has 1 atom stereocenters. The summed E-state index contributed by atoms with van der Waals surface area (Å²) in [6.07, 6.45) is 0.470. The first kappa shape index (κ1) is 19.3. The summed E-state index contributed by atoms with van der Waals surface area (Å²) in [7, 11) is -3.83. The van der Waals surface area contributed by atoms with Gasteiger partial charge in [-0.3, -0.25) is 4.72 Å². The number of amides is 1. The molecule has 0 spiro atoms. The van der Waals surface area contributed by atoms with Crippen LogP contribution in [-0.2, 0) is 14.9 Å². The second kappa shape index (κ2) is 6.91. The van der Waals surface area contributed by atoms with Gasteiger partial charge in [0, 0.05) is 19.0 Å². The number of nitrogens with one attached hydrogen (secondary N) is 1. The zero-order valence-electron chi connectivity index (χ0n) is 15.6. The van der Waals surface area contributed by atoms with Gasteiger partial charge in [-0.15, -0.1) is 4.40 Å². The molecule has 0 radical (unpaired) electrons. The summed E-state index contributed by atoms with van der Waals surface area (Å²) in [6, 6.07) is 4.99. The Morgan fingerprint density at radius 2 is 2.15 bits per heavy atom. The van der Waals surface area contributed by atoms with Crippen LogP contribution >= 0.6 is 0 Å². The molecule has 10 heteroatoms. The minimum absolute atomic E-state index is 0.110. The van der Waals surface area contributed by atoms with E-state index in [4.69, 9.17) is 15.2 Å². The number of likely N-dealkylation sites (tertiary alicyclic amines) is 1. The summed E-state index contributed by atoms with van der Waals surface area (Å²) in [5.74, 6) is 0.486. The van der Waals surface area contributed by atoms with Crippen LogP contribution in [0, 0.1) is 5.92 Å². The highest BCUT2D eigenvalue weighted by Gasteiger charge is 2.31. The van der Waals surface area contributed by atoms with Crippen LogP contribution in [0.1, 0.15) is 32.8 Å².